The Morgan fingerprint density at radius 2 is 2.33 bits per heavy atom. The number of ether oxygens (including phenoxy) is 1. The van der Waals surface area contributed by atoms with Crippen LogP contribution >= 0.6 is 0 Å². The fraction of sp³-hybridized carbons (Fsp3) is 0.636. The van der Waals surface area contributed by atoms with Crippen LogP contribution in [0.15, 0.2) is 12.2 Å². The van der Waals surface area contributed by atoms with E-state index < -0.39 is 0 Å². The Balaban J connectivity index is 2.60. The molecule has 1 saturated heterocycles. The first kappa shape index (κ1) is 11.8. The Kier molecular flexibility index (Phi) is 3.88. The largest absolute Gasteiger partial charge is 0.466 e. The lowest BCUT2D eigenvalue weighted by atomic mass is 9.87. The summed E-state index contributed by atoms with van der Waals surface area (Å²) in [6.07, 6.45) is 0.150. The molecule has 4 nitrogen and oxygen atoms in total. The summed E-state index contributed by atoms with van der Waals surface area (Å²) in [5, 5.41) is 2.74. The van der Waals surface area contributed by atoms with Crippen LogP contribution < -0.4 is 5.32 Å². The molecule has 1 amide bonds. The normalized spacial score (nSPS) is 24.8. The van der Waals surface area contributed by atoms with Gasteiger partial charge in [0.05, 0.1) is 18.9 Å². The molecule has 4 heteroatoms. The molecule has 1 aliphatic rings. The number of amides is 1. The Hall–Kier alpha value is -1.32. The number of carbonyl (C=O) groups is 2. The van der Waals surface area contributed by atoms with E-state index in [2.05, 4.69) is 11.9 Å². The molecule has 0 spiro atoms. The zero-order chi connectivity index (χ0) is 11.4. The monoisotopic (exact) mass is 211 g/mol. The van der Waals surface area contributed by atoms with Gasteiger partial charge in [-0.3, -0.25) is 9.59 Å². The average Bonchev–Trinajstić information content (AvgIpc) is 2.48. The first-order chi connectivity index (χ1) is 7.06. The van der Waals surface area contributed by atoms with Crippen molar-refractivity contribution < 1.29 is 14.3 Å². The molecule has 0 aliphatic carbocycles. The molecular weight excluding hydrogens is 194 g/mol. The van der Waals surface area contributed by atoms with Crippen LogP contribution in [0.2, 0.25) is 0 Å². The molecule has 1 heterocycles. The van der Waals surface area contributed by atoms with Gasteiger partial charge in [-0.15, -0.1) is 0 Å². The van der Waals surface area contributed by atoms with Gasteiger partial charge in [0.25, 0.3) is 0 Å². The summed E-state index contributed by atoms with van der Waals surface area (Å²) in [5.41, 5.74) is 0.933. The van der Waals surface area contributed by atoms with Gasteiger partial charge in [-0.05, 0) is 13.8 Å². The lowest BCUT2D eigenvalue weighted by molar-refractivity contribution is -0.146. The summed E-state index contributed by atoms with van der Waals surface area (Å²) >= 11 is 0. The second kappa shape index (κ2) is 4.96. The molecule has 0 saturated carbocycles. The molecule has 1 aliphatic heterocycles. The number of hydrogen-bond donors (Lipinski definition) is 1. The summed E-state index contributed by atoms with van der Waals surface area (Å²) in [7, 11) is 0. The highest BCUT2D eigenvalue weighted by molar-refractivity contribution is 5.86. The van der Waals surface area contributed by atoms with Gasteiger partial charge in [0, 0.05) is 12.5 Å². The minimum absolute atomic E-state index is 0.0573. The van der Waals surface area contributed by atoms with E-state index in [0.29, 0.717) is 13.2 Å². The molecule has 0 aromatic rings. The van der Waals surface area contributed by atoms with Crippen molar-refractivity contribution in [2.45, 2.75) is 20.3 Å². The molecule has 2 atom stereocenters. The molecule has 0 bridgehead atoms. The lowest BCUT2D eigenvalue weighted by Gasteiger charge is -2.15. The number of nitrogens with one attached hydrogen (secondary N) is 1. The minimum atomic E-state index is -0.314. The molecule has 84 valence electrons. The van der Waals surface area contributed by atoms with Crippen molar-refractivity contribution in [3.8, 4) is 0 Å². The van der Waals surface area contributed by atoms with Gasteiger partial charge in [0.15, 0.2) is 0 Å². The predicted molar refractivity (Wildman–Crippen MR) is 56.1 cm³/mol. The predicted octanol–water partition coefficient (Wildman–Crippen LogP) is 0.878. The third kappa shape index (κ3) is 2.81. The summed E-state index contributed by atoms with van der Waals surface area (Å²) in [6, 6.07) is 0. The number of hydrogen-bond acceptors (Lipinski definition) is 3. The van der Waals surface area contributed by atoms with Crippen LogP contribution in [0.25, 0.3) is 0 Å². The number of esters is 1. The second-order valence-corrected chi connectivity index (χ2v) is 3.81. The fourth-order valence-electron chi connectivity index (χ4n) is 1.82. The van der Waals surface area contributed by atoms with Gasteiger partial charge < -0.3 is 10.1 Å². The van der Waals surface area contributed by atoms with E-state index in [1.165, 1.54) is 0 Å². The molecule has 1 fully saturated rings. The van der Waals surface area contributed by atoms with Gasteiger partial charge in [0.1, 0.15) is 0 Å². The van der Waals surface area contributed by atoms with Gasteiger partial charge in [-0.2, -0.15) is 0 Å². The first-order valence-corrected chi connectivity index (χ1v) is 5.15. The van der Waals surface area contributed by atoms with Gasteiger partial charge >= 0.3 is 5.97 Å². The molecule has 15 heavy (non-hydrogen) atoms. The van der Waals surface area contributed by atoms with Crippen LogP contribution in [0.1, 0.15) is 20.3 Å². The topological polar surface area (TPSA) is 55.4 Å². The zero-order valence-electron chi connectivity index (χ0n) is 9.21. The Bertz CT molecular complexity index is 286. The Labute approximate surface area is 89.7 Å². The van der Waals surface area contributed by atoms with E-state index in [-0.39, 0.29) is 30.1 Å². The van der Waals surface area contributed by atoms with E-state index >= 15 is 0 Å². The van der Waals surface area contributed by atoms with E-state index in [1.807, 2.05) is 6.92 Å². The smallest absolute Gasteiger partial charge is 0.306 e. The molecule has 0 unspecified atom stereocenters. The zero-order valence-corrected chi connectivity index (χ0v) is 9.21. The van der Waals surface area contributed by atoms with Crippen molar-refractivity contribution in [1.82, 2.24) is 5.32 Å². The second-order valence-electron chi connectivity index (χ2n) is 3.81. The van der Waals surface area contributed by atoms with Crippen molar-refractivity contribution in [3.63, 3.8) is 0 Å². The first-order valence-electron chi connectivity index (χ1n) is 5.15. The van der Waals surface area contributed by atoms with Crippen LogP contribution in [0.5, 0.6) is 0 Å². The molecule has 0 aromatic carbocycles. The molecular formula is C11H17NO3. The highest BCUT2D eigenvalue weighted by Gasteiger charge is 2.36. The molecule has 1 rings (SSSR count). The Morgan fingerprint density at radius 3 is 2.87 bits per heavy atom. The number of rotatable bonds is 4. The third-order valence-electron chi connectivity index (χ3n) is 2.64. The van der Waals surface area contributed by atoms with E-state index in [4.69, 9.17) is 4.74 Å². The summed E-state index contributed by atoms with van der Waals surface area (Å²) in [4.78, 5) is 22.7. The molecule has 1 N–H and O–H groups in total. The van der Waals surface area contributed by atoms with Crippen LogP contribution in [0.3, 0.4) is 0 Å². The number of carbonyl (C=O) groups excluding carboxylic acids is 2. The quantitative estimate of drug-likeness (QED) is 0.554. The van der Waals surface area contributed by atoms with Crippen molar-refractivity contribution in [2.24, 2.45) is 11.8 Å². The van der Waals surface area contributed by atoms with Crippen molar-refractivity contribution in [2.75, 3.05) is 13.2 Å². The molecule has 0 aromatic heterocycles. The van der Waals surface area contributed by atoms with E-state index in [9.17, 15) is 9.59 Å². The van der Waals surface area contributed by atoms with Gasteiger partial charge in [-0.25, -0.2) is 0 Å². The minimum Gasteiger partial charge on any atom is -0.466 e. The average molecular weight is 211 g/mol. The fourth-order valence-corrected chi connectivity index (χ4v) is 1.82. The van der Waals surface area contributed by atoms with Crippen LogP contribution in [-0.2, 0) is 14.3 Å². The van der Waals surface area contributed by atoms with Crippen LogP contribution in [0.4, 0.5) is 0 Å². The van der Waals surface area contributed by atoms with E-state index in [1.54, 1.807) is 6.92 Å². The van der Waals surface area contributed by atoms with Crippen molar-refractivity contribution in [1.29, 1.82) is 0 Å². The Morgan fingerprint density at radius 1 is 1.67 bits per heavy atom. The highest BCUT2D eigenvalue weighted by atomic mass is 16.5. The highest BCUT2D eigenvalue weighted by Crippen LogP contribution is 2.27. The van der Waals surface area contributed by atoms with Crippen molar-refractivity contribution in [3.05, 3.63) is 12.2 Å². The maximum atomic E-state index is 11.5. The standard InChI is InChI=1S/C11H17NO3/c1-4-15-10(13)5-8-9(7(2)3)6-12-11(8)14/h8-9H,2,4-6H2,1,3H3,(H,12,14)/t8-,9-/m0/s1. The molecule has 0 radical (unpaired) electrons. The third-order valence-corrected chi connectivity index (χ3v) is 2.64. The van der Waals surface area contributed by atoms with Crippen molar-refractivity contribution >= 4 is 11.9 Å². The van der Waals surface area contributed by atoms with Gasteiger partial charge in [0.2, 0.25) is 5.91 Å². The summed E-state index contributed by atoms with van der Waals surface area (Å²) in [5.74, 6) is -0.634. The lowest BCUT2D eigenvalue weighted by Crippen LogP contribution is -2.23. The van der Waals surface area contributed by atoms with Crippen LogP contribution in [-0.4, -0.2) is 25.0 Å². The summed E-state index contributed by atoms with van der Waals surface area (Å²) < 4.78 is 4.83. The van der Waals surface area contributed by atoms with E-state index in [0.717, 1.165) is 5.57 Å². The maximum Gasteiger partial charge on any atom is 0.306 e. The maximum absolute atomic E-state index is 11.5. The summed E-state index contributed by atoms with van der Waals surface area (Å²) in [6.45, 7) is 8.40. The SMILES string of the molecule is C=C(C)[C@@H]1CNC(=O)[C@H]1CC(=O)OCC. The van der Waals surface area contributed by atoms with Gasteiger partial charge in [-0.1, -0.05) is 12.2 Å². The van der Waals surface area contributed by atoms with Crippen LogP contribution in [0, 0.1) is 11.8 Å².